The summed E-state index contributed by atoms with van der Waals surface area (Å²) in [5.41, 5.74) is 6.18. The fourth-order valence-corrected chi connectivity index (χ4v) is 2.28. The van der Waals surface area contributed by atoms with E-state index in [9.17, 15) is 13.6 Å². The summed E-state index contributed by atoms with van der Waals surface area (Å²) < 4.78 is 33.8. The van der Waals surface area contributed by atoms with Crippen LogP contribution in [0.25, 0.3) is 0 Å². The van der Waals surface area contributed by atoms with Gasteiger partial charge in [-0.3, -0.25) is 4.79 Å². The van der Waals surface area contributed by atoms with Crippen LogP contribution in [0.2, 0.25) is 0 Å². The van der Waals surface area contributed by atoms with Crippen molar-refractivity contribution in [3.8, 4) is 11.5 Å². The van der Waals surface area contributed by atoms with Crippen LogP contribution < -0.4 is 15.2 Å². The molecular formula is C14H19ClF2N2O3. The Morgan fingerprint density at radius 1 is 1.32 bits per heavy atom. The van der Waals surface area contributed by atoms with Gasteiger partial charge in [-0.05, 0) is 31.0 Å². The minimum atomic E-state index is -2.94. The maximum atomic E-state index is 12.3. The second kappa shape index (κ2) is 8.14. The number of nitrogens with zero attached hydrogens (tertiary/aromatic N) is 1. The molecule has 0 aliphatic carbocycles. The summed E-state index contributed by atoms with van der Waals surface area (Å²) in [6.07, 6.45) is 1.52. The Balaban J connectivity index is 0.00000242. The number of methoxy groups -OCH3 is 1. The van der Waals surface area contributed by atoms with E-state index in [-0.39, 0.29) is 35.9 Å². The van der Waals surface area contributed by atoms with Gasteiger partial charge >= 0.3 is 6.61 Å². The van der Waals surface area contributed by atoms with Crippen LogP contribution in [0.1, 0.15) is 23.2 Å². The van der Waals surface area contributed by atoms with Crippen molar-refractivity contribution in [1.82, 2.24) is 4.90 Å². The SMILES string of the molecule is COc1cc(C(=O)N2CCC(N)CC2)ccc1OC(F)F.Cl. The van der Waals surface area contributed by atoms with Gasteiger partial charge in [-0.2, -0.15) is 8.78 Å². The summed E-state index contributed by atoms with van der Waals surface area (Å²) in [6.45, 7) is -1.75. The van der Waals surface area contributed by atoms with Crippen molar-refractivity contribution in [2.45, 2.75) is 25.5 Å². The lowest BCUT2D eigenvalue weighted by atomic mass is 10.0. The number of halogens is 3. The van der Waals surface area contributed by atoms with E-state index in [1.807, 2.05) is 0 Å². The zero-order chi connectivity index (χ0) is 15.4. The third-order valence-corrected chi connectivity index (χ3v) is 3.45. The Bertz CT molecular complexity index is 509. The monoisotopic (exact) mass is 336 g/mol. The summed E-state index contributed by atoms with van der Waals surface area (Å²) in [5, 5.41) is 0. The van der Waals surface area contributed by atoms with Gasteiger partial charge in [-0.25, -0.2) is 0 Å². The van der Waals surface area contributed by atoms with E-state index in [0.29, 0.717) is 18.7 Å². The highest BCUT2D eigenvalue weighted by molar-refractivity contribution is 5.95. The van der Waals surface area contributed by atoms with Gasteiger partial charge in [0.05, 0.1) is 7.11 Å². The molecule has 1 fully saturated rings. The summed E-state index contributed by atoms with van der Waals surface area (Å²) in [4.78, 5) is 14.0. The number of rotatable bonds is 4. The summed E-state index contributed by atoms with van der Waals surface area (Å²) in [7, 11) is 1.34. The molecule has 0 saturated carbocycles. The molecule has 2 rings (SSSR count). The largest absolute Gasteiger partial charge is 0.493 e. The smallest absolute Gasteiger partial charge is 0.387 e. The number of likely N-dealkylation sites (tertiary alicyclic amines) is 1. The van der Waals surface area contributed by atoms with Crippen LogP contribution >= 0.6 is 12.4 Å². The van der Waals surface area contributed by atoms with Crippen molar-refractivity contribution >= 4 is 18.3 Å². The van der Waals surface area contributed by atoms with Crippen molar-refractivity contribution < 1.29 is 23.0 Å². The van der Waals surface area contributed by atoms with Gasteiger partial charge in [0, 0.05) is 24.7 Å². The molecule has 0 spiro atoms. The molecule has 0 bridgehead atoms. The van der Waals surface area contributed by atoms with Gasteiger partial charge in [0.2, 0.25) is 0 Å². The highest BCUT2D eigenvalue weighted by atomic mass is 35.5. The summed E-state index contributed by atoms with van der Waals surface area (Å²) in [6, 6.07) is 4.31. The Morgan fingerprint density at radius 2 is 1.95 bits per heavy atom. The average molecular weight is 337 g/mol. The summed E-state index contributed by atoms with van der Waals surface area (Å²) >= 11 is 0. The predicted octanol–water partition coefficient (Wildman–Crippen LogP) is 2.28. The molecule has 124 valence electrons. The maximum Gasteiger partial charge on any atom is 0.387 e. The predicted molar refractivity (Wildman–Crippen MR) is 80.0 cm³/mol. The van der Waals surface area contributed by atoms with Gasteiger partial charge in [0.15, 0.2) is 11.5 Å². The molecule has 5 nitrogen and oxygen atoms in total. The number of amides is 1. The topological polar surface area (TPSA) is 64.8 Å². The highest BCUT2D eigenvalue weighted by Crippen LogP contribution is 2.30. The number of benzene rings is 1. The molecule has 1 aliphatic heterocycles. The first-order chi connectivity index (χ1) is 10.0. The second-order valence-electron chi connectivity index (χ2n) is 4.87. The van der Waals surface area contributed by atoms with E-state index in [0.717, 1.165) is 12.8 Å². The highest BCUT2D eigenvalue weighted by Gasteiger charge is 2.23. The molecule has 1 saturated heterocycles. The number of hydrogen-bond donors (Lipinski definition) is 1. The van der Waals surface area contributed by atoms with Crippen LogP contribution in [0.15, 0.2) is 18.2 Å². The lowest BCUT2D eigenvalue weighted by Crippen LogP contribution is -2.42. The molecular weight excluding hydrogens is 318 g/mol. The zero-order valence-corrected chi connectivity index (χ0v) is 12.9. The van der Waals surface area contributed by atoms with Crippen molar-refractivity contribution in [2.24, 2.45) is 5.73 Å². The van der Waals surface area contributed by atoms with E-state index in [1.54, 1.807) is 4.90 Å². The summed E-state index contributed by atoms with van der Waals surface area (Å²) in [5.74, 6) is -0.150. The average Bonchev–Trinajstić information content (AvgIpc) is 2.47. The van der Waals surface area contributed by atoms with E-state index in [1.165, 1.54) is 25.3 Å². The zero-order valence-electron chi connectivity index (χ0n) is 12.1. The third-order valence-electron chi connectivity index (χ3n) is 3.45. The van der Waals surface area contributed by atoms with Crippen LogP contribution in [0, 0.1) is 0 Å². The molecule has 0 atom stereocenters. The maximum absolute atomic E-state index is 12.3. The van der Waals surface area contributed by atoms with E-state index >= 15 is 0 Å². The van der Waals surface area contributed by atoms with Crippen molar-refractivity contribution in [3.63, 3.8) is 0 Å². The van der Waals surface area contributed by atoms with E-state index in [4.69, 9.17) is 10.5 Å². The van der Waals surface area contributed by atoms with Gasteiger partial charge in [0.25, 0.3) is 5.91 Å². The number of hydrogen-bond acceptors (Lipinski definition) is 4. The number of nitrogens with two attached hydrogens (primary N) is 1. The normalized spacial score (nSPS) is 15.4. The molecule has 1 aliphatic rings. The molecule has 1 heterocycles. The Labute approximate surface area is 133 Å². The molecule has 22 heavy (non-hydrogen) atoms. The molecule has 1 amide bonds. The van der Waals surface area contributed by atoms with Crippen molar-refractivity contribution in [3.05, 3.63) is 23.8 Å². The van der Waals surface area contributed by atoms with E-state index in [2.05, 4.69) is 4.74 Å². The van der Waals surface area contributed by atoms with Gasteiger partial charge in [-0.1, -0.05) is 0 Å². The fraction of sp³-hybridized carbons (Fsp3) is 0.500. The fourth-order valence-electron chi connectivity index (χ4n) is 2.28. The first-order valence-electron chi connectivity index (χ1n) is 6.69. The Morgan fingerprint density at radius 3 is 2.50 bits per heavy atom. The molecule has 2 N–H and O–H groups in total. The Hall–Kier alpha value is -1.60. The van der Waals surface area contributed by atoms with Crippen LogP contribution in [0.3, 0.4) is 0 Å². The lowest BCUT2D eigenvalue weighted by molar-refractivity contribution is -0.0512. The molecule has 1 aromatic rings. The molecule has 1 aromatic carbocycles. The van der Waals surface area contributed by atoms with Crippen molar-refractivity contribution in [2.75, 3.05) is 20.2 Å². The van der Waals surface area contributed by atoms with Crippen LogP contribution in [-0.4, -0.2) is 43.7 Å². The molecule has 0 radical (unpaired) electrons. The van der Waals surface area contributed by atoms with Crippen LogP contribution in [0.4, 0.5) is 8.78 Å². The van der Waals surface area contributed by atoms with Crippen molar-refractivity contribution in [1.29, 1.82) is 0 Å². The first kappa shape index (κ1) is 18.4. The molecule has 0 unspecified atom stereocenters. The first-order valence-corrected chi connectivity index (χ1v) is 6.69. The van der Waals surface area contributed by atoms with Gasteiger partial charge < -0.3 is 20.1 Å². The third kappa shape index (κ3) is 4.45. The lowest BCUT2D eigenvalue weighted by Gasteiger charge is -2.30. The van der Waals surface area contributed by atoms with Crippen LogP contribution in [0.5, 0.6) is 11.5 Å². The number of carbonyl (C=O) groups is 1. The number of carbonyl (C=O) groups excluding carboxylic acids is 1. The standard InChI is InChI=1S/C14H18F2N2O3.ClH/c1-20-12-8-9(2-3-11(12)21-14(15)16)13(19)18-6-4-10(17)5-7-18;/h2-3,8,10,14H,4-7,17H2,1H3;1H. The minimum absolute atomic E-state index is 0. The second-order valence-corrected chi connectivity index (χ2v) is 4.87. The van der Waals surface area contributed by atoms with Crippen LogP contribution in [-0.2, 0) is 0 Å². The van der Waals surface area contributed by atoms with Gasteiger partial charge in [-0.15, -0.1) is 12.4 Å². The molecule has 0 aromatic heterocycles. The molecule has 8 heteroatoms. The number of piperidine rings is 1. The van der Waals surface area contributed by atoms with E-state index < -0.39 is 6.61 Å². The number of alkyl halides is 2. The minimum Gasteiger partial charge on any atom is -0.493 e. The van der Waals surface area contributed by atoms with Gasteiger partial charge in [0.1, 0.15) is 0 Å². The Kier molecular flexibility index (Phi) is 6.83. The number of ether oxygens (including phenoxy) is 2. The quantitative estimate of drug-likeness (QED) is 0.916.